The van der Waals surface area contributed by atoms with Gasteiger partial charge in [-0.1, -0.05) is 5.92 Å². The topological polar surface area (TPSA) is 54.6 Å². The number of nitrogens with zero attached hydrogens (tertiary/aromatic N) is 2. The molecule has 0 spiro atoms. The van der Waals surface area contributed by atoms with Crippen LogP contribution in [0.1, 0.15) is 21.6 Å². The van der Waals surface area contributed by atoms with Crippen molar-refractivity contribution in [1.82, 2.24) is 0 Å². The Kier molecular flexibility index (Phi) is 6.03. The van der Waals surface area contributed by atoms with Gasteiger partial charge in [-0.2, -0.15) is 5.26 Å². The highest BCUT2D eigenvalue weighted by molar-refractivity contribution is 9.10. The third-order valence-electron chi connectivity index (χ3n) is 3.36. The van der Waals surface area contributed by atoms with Crippen molar-refractivity contribution >= 4 is 38.5 Å². The quantitative estimate of drug-likeness (QED) is 0.534. The lowest BCUT2D eigenvalue weighted by Crippen LogP contribution is -1.98. The van der Waals surface area contributed by atoms with E-state index in [1.165, 1.54) is 11.3 Å². The minimum Gasteiger partial charge on any atom is -0.493 e. The highest BCUT2D eigenvalue weighted by Crippen LogP contribution is 2.37. The first-order chi connectivity index (χ1) is 11.5. The van der Waals surface area contributed by atoms with Gasteiger partial charge in [-0.25, -0.2) is 4.99 Å². The van der Waals surface area contributed by atoms with Gasteiger partial charge >= 0.3 is 0 Å². The van der Waals surface area contributed by atoms with E-state index in [1.54, 1.807) is 19.4 Å². The monoisotopic (exact) mass is 402 g/mol. The van der Waals surface area contributed by atoms with E-state index < -0.39 is 0 Å². The number of methoxy groups -OCH3 is 1. The van der Waals surface area contributed by atoms with Crippen molar-refractivity contribution in [3.8, 4) is 29.9 Å². The fourth-order valence-corrected chi connectivity index (χ4v) is 3.56. The van der Waals surface area contributed by atoms with Gasteiger partial charge in [0.2, 0.25) is 0 Å². The van der Waals surface area contributed by atoms with Crippen LogP contribution in [-0.2, 0) is 0 Å². The summed E-state index contributed by atoms with van der Waals surface area (Å²) in [4.78, 5) is 5.55. The fourth-order valence-electron chi connectivity index (χ4n) is 2.03. The normalized spacial score (nSPS) is 10.4. The van der Waals surface area contributed by atoms with Gasteiger partial charge in [0.15, 0.2) is 11.5 Å². The largest absolute Gasteiger partial charge is 0.493 e. The number of thiophene rings is 1. The molecule has 122 valence electrons. The molecule has 1 aromatic heterocycles. The summed E-state index contributed by atoms with van der Waals surface area (Å²) in [6.45, 7) is 4.07. The van der Waals surface area contributed by atoms with E-state index in [0.717, 1.165) is 20.5 Å². The Morgan fingerprint density at radius 1 is 1.42 bits per heavy atom. The lowest BCUT2D eigenvalue weighted by atomic mass is 10.2. The van der Waals surface area contributed by atoms with Gasteiger partial charge in [0, 0.05) is 11.1 Å². The number of hydrogen-bond acceptors (Lipinski definition) is 5. The van der Waals surface area contributed by atoms with Crippen LogP contribution in [0.2, 0.25) is 0 Å². The number of benzene rings is 1. The Bertz CT molecular complexity index is 873. The summed E-state index contributed by atoms with van der Waals surface area (Å²) in [7, 11) is 1.56. The van der Waals surface area contributed by atoms with Crippen molar-refractivity contribution < 1.29 is 9.47 Å². The molecule has 1 heterocycles. The smallest absolute Gasteiger partial charge is 0.176 e. The highest BCUT2D eigenvalue weighted by atomic mass is 79.9. The van der Waals surface area contributed by atoms with Crippen molar-refractivity contribution in [1.29, 1.82) is 5.26 Å². The van der Waals surface area contributed by atoms with Crippen molar-refractivity contribution in [3.05, 3.63) is 38.2 Å². The zero-order valence-corrected chi connectivity index (χ0v) is 15.9. The summed E-state index contributed by atoms with van der Waals surface area (Å²) in [5, 5.41) is 9.98. The van der Waals surface area contributed by atoms with Gasteiger partial charge in [0.25, 0.3) is 0 Å². The number of halogens is 1. The maximum atomic E-state index is 9.28. The second kappa shape index (κ2) is 8.01. The molecule has 0 N–H and O–H groups in total. The van der Waals surface area contributed by atoms with Crippen molar-refractivity contribution in [2.45, 2.75) is 13.8 Å². The lowest BCUT2D eigenvalue weighted by Gasteiger charge is -2.11. The van der Waals surface area contributed by atoms with Gasteiger partial charge in [-0.3, -0.25) is 0 Å². The molecule has 0 amide bonds. The second-order valence-corrected chi connectivity index (χ2v) is 6.92. The molecular weight excluding hydrogens is 388 g/mol. The fraction of sp³-hybridized carbons (Fsp3) is 0.222. The summed E-state index contributed by atoms with van der Waals surface area (Å²) < 4.78 is 11.6. The molecule has 2 rings (SSSR count). The van der Waals surface area contributed by atoms with Crippen LogP contribution in [0.4, 0.5) is 5.00 Å². The molecule has 0 radical (unpaired) electrons. The molecule has 0 saturated carbocycles. The summed E-state index contributed by atoms with van der Waals surface area (Å²) in [6.07, 6.45) is 6.92. The van der Waals surface area contributed by atoms with Gasteiger partial charge in [0.05, 0.1) is 17.1 Å². The van der Waals surface area contributed by atoms with E-state index in [0.29, 0.717) is 22.1 Å². The van der Waals surface area contributed by atoms with Gasteiger partial charge in [-0.05, 0) is 53.0 Å². The van der Waals surface area contributed by atoms with Crippen LogP contribution >= 0.6 is 27.3 Å². The van der Waals surface area contributed by atoms with E-state index in [1.807, 2.05) is 19.9 Å². The molecule has 0 saturated heterocycles. The van der Waals surface area contributed by atoms with Crippen LogP contribution in [0, 0.1) is 37.5 Å². The molecule has 2 aromatic rings. The molecule has 0 aliphatic carbocycles. The van der Waals surface area contributed by atoms with Crippen LogP contribution in [0.25, 0.3) is 0 Å². The standard InChI is InChI=1S/C18H15BrN2O2S/c1-5-6-23-17-15(19)7-13(8-16(17)22-4)10-21-18-14(9-20)11(2)12(3)24-18/h1,7-8,10H,6H2,2-4H3. The predicted octanol–water partition coefficient (Wildman–Crippen LogP) is 4.77. The van der Waals surface area contributed by atoms with Crippen molar-refractivity contribution in [2.75, 3.05) is 13.7 Å². The van der Waals surface area contributed by atoms with E-state index in [2.05, 4.69) is 32.9 Å². The Morgan fingerprint density at radius 3 is 2.79 bits per heavy atom. The van der Waals surface area contributed by atoms with Crippen LogP contribution in [0.3, 0.4) is 0 Å². The van der Waals surface area contributed by atoms with E-state index in [4.69, 9.17) is 15.9 Å². The number of nitriles is 1. The molecule has 1 aromatic carbocycles. The Balaban J connectivity index is 2.37. The molecule has 0 atom stereocenters. The summed E-state index contributed by atoms with van der Waals surface area (Å²) in [6, 6.07) is 5.87. The second-order valence-electron chi connectivity index (χ2n) is 4.86. The number of rotatable bonds is 5. The Labute approximate surface area is 153 Å². The average Bonchev–Trinajstić information content (AvgIpc) is 2.85. The zero-order chi connectivity index (χ0) is 17.7. The van der Waals surface area contributed by atoms with Crippen LogP contribution in [0.5, 0.6) is 11.5 Å². The third-order valence-corrected chi connectivity index (χ3v) is 5.07. The SMILES string of the molecule is C#CCOc1c(Br)cc(C=Nc2sc(C)c(C)c2C#N)cc1OC. The van der Waals surface area contributed by atoms with Gasteiger partial charge in [0.1, 0.15) is 17.7 Å². The minimum atomic E-state index is 0.154. The minimum absolute atomic E-state index is 0.154. The maximum Gasteiger partial charge on any atom is 0.176 e. The van der Waals surface area contributed by atoms with E-state index >= 15 is 0 Å². The molecule has 0 aliphatic heterocycles. The van der Waals surface area contributed by atoms with Gasteiger partial charge < -0.3 is 9.47 Å². The number of terminal acetylenes is 1. The first-order valence-corrected chi connectivity index (χ1v) is 8.60. The maximum absolute atomic E-state index is 9.28. The van der Waals surface area contributed by atoms with Crippen molar-refractivity contribution in [2.24, 2.45) is 4.99 Å². The third kappa shape index (κ3) is 3.79. The molecule has 0 unspecified atom stereocenters. The number of aryl methyl sites for hydroxylation is 1. The number of ether oxygens (including phenoxy) is 2. The zero-order valence-electron chi connectivity index (χ0n) is 13.5. The lowest BCUT2D eigenvalue weighted by molar-refractivity contribution is 0.329. The van der Waals surface area contributed by atoms with E-state index in [9.17, 15) is 5.26 Å². The predicted molar refractivity (Wildman–Crippen MR) is 101 cm³/mol. The molecule has 6 heteroatoms. The first-order valence-electron chi connectivity index (χ1n) is 6.99. The van der Waals surface area contributed by atoms with Gasteiger partial charge in [-0.15, -0.1) is 17.8 Å². The van der Waals surface area contributed by atoms with Crippen LogP contribution < -0.4 is 9.47 Å². The molecule has 0 bridgehead atoms. The van der Waals surface area contributed by atoms with E-state index in [-0.39, 0.29) is 6.61 Å². The number of aliphatic imine (C=N–C) groups is 1. The highest BCUT2D eigenvalue weighted by Gasteiger charge is 2.13. The summed E-state index contributed by atoms with van der Waals surface area (Å²) in [5.74, 6) is 3.53. The van der Waals surface area contributed by atoms with Crippen LogP contribution in [-0.4, -0.2) is 19.9 Å². The van der Waals surface area contributed by atoms with Crippen LogP contribution in [0.15, 0.2) is 21.6 Å². The van der Waals surface area contributed by atoms with Crippen molar-refractivity contribution in [3.63, 3.8) is 0 Å². The molecule has 4 nitrogen and oxygen atoms in total. The number of hydrogen-bond donors (Lipinski definition) is 0. The molecular formula is C18H15BrN2O2S. The Morgan fingerprint density at radius 2 is 2.17 bits per heavy atom. The molecule has 0 fully saturated rings. The first kappa shape index (κ1) is 18.1. The summed E-state index contributed by atoms with van der Waals surface area (Å²) >= 11 is 4.96. The molecule has 0 aliphatic rings. The average molecular weight is 403 g/mol. The Hall–Kier alpha value is -2.28. The summed E-state index contributed by atoms with van der Waals surface area (Å²) in [5.41, 5.74) is 2.42. The molecule has 24 heavy (non-hydrogen) atoms.